The summed E-state index contributed by atoms with van der Waals surface area (Å²) in [6.45, 7) is 6.33. The second-order valence-electron chi connectivity index (χ2n) is 7.93. The molecule has 4 heteroatoms. The van der Waals surface area contributed by atoms with Gasteiger partial charge in [-0.2, -0.15) is 0 Å². The summed E-state index contributed by atoms with van der Waals surface area (Å²) in [7, 11) is 1.42. The molecule has 1 saturated heterocycles. The number of nitrogens with zero attached hydrogens (tertiary/aromatic N) is 1. The number of likely N-dealkylation sites (tertiary alicyclic amines) is 1. The lowest BCUT2D eigenvalue weighted by atomic mass is 9.81. The predicted molar refractivity (Wildman–Crippen MR) is 108 cm³/mol. The first-order valence-electron chi connectivity index (χ1n) is 10.8. The van der Waals surface area contributed by atoms with Crippen LogP contribution in [-0.2, 0) is 11.2 Å². The fraction of sp³-hybridized carbons (Fsp3) is 0.696. The van der Waals surface area contributed by atoms with Crippen molar-refractivity contribution in [2.24, 2.45) is 0 Å². The molecule has 0 amide bonds. The van der Waals surface area contributed by atoms with E-state index in [1.54, 1.807) is 0 Å². The van der Waals surface area contributed by atoms with Crippen molar-refractivity contribution in [3.8, 4) is 5.75 Å². The minimum absolute atomic E-state index is 0.00491. The van der Waals surface area contributed by atoms with Crippen LogP contribution < -0.4 is 4.74 Å². The van der Waals surface area contributed by atoms with Crippen molar-refractivity contribution in [1.82, 2.24) is 4.90 Å². The fourth-order valence-corrected chi connectivity index (χ4v) is 4.86. The quantitative estimate of drug-likeness (QED) is 0.685. The maximum Gasteiger partial charge on any atom is 0.337 e. The highest BCUT2D eigenvalue weighted by molar-refractivity contribution is 5.89. The molecule has 150 valence electrons. The van der Waals surface area contributed by atoms with E-state index in [9.17, 15) is 4.79 Å². The van der Waals surface area contributed by atoms with Gasteiger partial charge in [0.2, 0.25) is 0 Å². The van der Waals surface area contributed by atoms with Crippen molar-refractivity contribution in [3.63, 3.8) is 0 Å². The first-order valence-corrected chi connectivity index (χ1v) is 10.8. The van der Waals surface area contributed by atoms with E-state index in [4.69, 9.17) is 9.47 Å². The zero-order valence-electron chi connectivity index (χ0n) is 17.3. The molecule has 1 spiro atoms. The van der Waals surface area contributed by atoms with Crippen LogP contribution in [0.15, 0.2) is 18.2 Å². The number of methoxy groups -OCH3 is 1. The van der Waals surface area contributed by atoms with E-state index in [1.165, 1.54) is 52.3 Å². The lowest BCUT2D eigenvalue weighted by molar-refractivity contribution is -0.0284. The molecule has 1 saturated carbocycles. The van der Waals surface area contributed by atoms with Gasteiger partial charge in [0, 0.05) is 19.1 Å². The van der Waals surface area contributed by atoms with Crippen molar-refractivity contribution in [1.29, 1.82) is 0 Å². The van der Waals surface area contributed by atoms with Crippen molar-refractivity contribution in [2.75, 3.05) is 20.2 Å². The molecule has 2 heterocycles. The molecule has 1 aromatic carbocycles. The zero-order chi connectivity index (χ0) is 19.3. The highest BCUT2D eigenvalue weighted by Gasteiger charge is 2.40. The molecule has 0 aromatic heterocycles. The number of fused-ring (bicyclic) bond motifs is 1. The standard InChI is InChI=1S/C21H29NO3.C2H6/c1-24-20(23)17-7-8-19-16(15-17)9-10-21(25-19)11-13-22(14-12-21)18-5-3-2-4-6-18;1-2/h7-8,15,18H,2-6,9-14H2,1H3;1-2H3. The number of piperidine rings is 1. The van der Waals surface area contributed by atoms with Gasteiger partial charge < -0.3 is 14.4 Å². The Labute approximate surface area is 164 Å². The Kier molecular flexibility index (Phi) is 6.80. The monoisotopic (exact) mass is 373 g/mol. The third-order valence-corrected chi connectivity index (χ3v) is 6.46. The molecule has 0 radical (unpaired) electrons. The number of hydrogen-bond acceptors (Lipinski definition) is 4. The summed E-state index contributed by atoms with van der Waals surface area (Å²) in [6, 6.07) is 6.52. The van der Waals surface area contributed by atoms with Gasteiger partial charge in [-0.15, -0.1) is 0 Å². The molecule has 27 heavy (non-hydrogen) atoms. The Morgan fingerprint density at radius 1 is 1.11 bits per heavy atom. The first kappa shape index (κ1) is 20.2. The van der Waals surface area contributed by atoms with Crippen LogP contribution in [0.3, 0.4) is 0 Å². The van der Waals surface area contributed by atoms with Crippen LogP contribution in [0.1, 0.15) is 81.1 Å². The van der Waals surface area contributed by atoms with E-state index in [-0.39, 0.29) is 11.6 Å². The highest BCUT2D eigenvalue weighted by atomic mass is 16.5. The third kappa shape index (κ3) is 4.48. The minimum Gasteiger partial charge on any atom is -0.487 e. The van der Waals surface area contributed by atoms with Crippen molar-refractivity contribution in [3.05, 3.63) is 29.3 Å². The Balaban J connectivity index is 0.00000102. The lowest BCUT2D eigenvalue weighted by Gasteiger charge is -2.47. The van der Waals surface area contributed by atoms with E-state index < -0.39 is 0 Å². The topological polar surface area (TPSA) is 38.8 Å². The largest absolute Gasteiger partial charge is 0.487 e. The van der Waals surface area contributed by atoms with E-state index in [0.29, 0.717) is 5.56 Å². The summed E-state index contributed by atoms with van der Waals surface area (Å²) < 4.78 is 11.3. The smallest absolute Gasteiger partial charge is 0.337 e. The number of benzene rings is 1. The average Bonchev–Trinajstić information content (AvgIpc) is 2.75. The molecule has 0 atom stereocenters. The molecule has 1 aliphatic carbocycles. The SMILES string of the molecule is CC.COC(=O)c1ccc2c(c1)CCC1(CCN(C3CCCCC3)CC1)O2. The second kappa shape index (κ2) is 9.09. The fourth-order valence-electron chi connectivity index (χ4n) is 4.86. The van der Waals surface area contributed by atoms with Crippen LogP contribution in [0.5, 0.6) is 5.75 Å². The van der Waals surface area contributed by atoms with E-state index >= 15 is 0 Å². The predicted octanol–water partition coefficient (Wildman–Crippen LogP) is 4.99. The van der Waals surface area contributed by atoms with Gasteiger partial charge in [-0.1, -0.05) is 33.1 Å². The molecular weight excluding hydrogens is 338 g/mol. The van der Waals surface area contributed by atoms with Gasteiger partial charge >= 0.3 is 5.97 Å². The summed E-state index contributed by atoms with van der Waals surface area (Å²) in [6.07, 6.45) is 11.3. The minimum atomic E-state index is -0.274. The number of carbonyl (C=O) groups is 1. The molecule has 1 aromatic rings. The van der Waals surface area contributed by atoms with Gasteiger partial charge in [-0.05, 0) is 62.3 Å². The summed E-state index contributed by atoms with van der Waals surface area (Å²) in [5.41, 5.74) is 1.77. The van der Waals surface area contributed by atoms with E-state index in [1.807, 2.05) is 32.0 Å². The Hall–Kier alpha value is -1.55. The third-order valence-electron chi connectivity index (χ3n) is 6.46. The number of carbonyl (C=O) groups excluding carboxylic acids is 1. The molecule has 2 fully saturated rings. The first-order chi connectivity index (χ1) is 13.2. The van der Waals surface area contributed by atoms with Crippen LogP contribution in [0.2, 0.25) is 0 Å². The van der Waals surface area contributed by atoms with Gasteiger partial charge in [0.15, 0.2) is 0 Å². The average molecular weight is 374 g/mol. The van der Waals surface area contributed by atoms with Gasteiger partial charge in [-0.3, -0.25) is 0 Å². The Bertz CT molecular complexity index is 629. The van der Waals surface area contributed by atoms with Gasteiger partial charge in [0.1, 0.15) is 11.4 Å². The number of rotatable bonds is 2. The molecule has 0 unspecified atom stereocenters. The molecule has 0 bridgehead atoms. The molecular formula is C23H35NO3. The maximum atomic E-state index is 11.7. The van der Waals surface area contributed by atoms with Crippen LogP contribution in [0.25, 0.3) is 0 Å². The van der Waals surface area contributed by atoms with Crippen LogP contribution in [0, 0.1) is 0 Å². The van der Waals surface area contributed by atoms with Crippen molar-refractivity contribution >= 4 is 5.97 Å². The Morgan fingerprint density at radius 3 is 2.48 bits per heavy atom. The van der Waals surface area contributed by atoms with Crippen molar-refractivity contribution in [2.45, 2.75) is 83.3 Å². The summed E-state index contributed by atoms with van der Waals surface area (Å²) in [4.78, 5) is 14.4. The molecule has 4 rings (SSSR count). The molecule has 4 nitrogen and oxygen atoms in total. The zero-order valence-corrected chi connectivity index (χ0v) is 17.3. The normalized spacial score (nSPS) is 22.2. The van der Waals surface area contributed by atoms with E-state index in [0.717, 1.165) is 43.0 Å². The number of esters is 1. The van der Waals surface area contributed by atoms with Crippen molar-refractivity contribution < 1.29 is 14.3 Å². The number of ether oxygens (including phenoxy) is 2. The van der Waals surface area contributed by atoms with Crippen LogP contribution in [-0.4, -0.2) is 42.7 Å². The molecule has 2 aliphatic heterocycles. The maximum absolute atomic E-state index is 11.7. The van der Waals surface area contributed by atoms with Gasteiger partial charge in [0.25, 0.3) is 0 Å². The highest BCUT2D eigenvalue weighted by Crippen LogP contribution is 2.40. The summed E-state index contributed by atoms with van der Waals surface area (Å²) >= 11 is 0. The van der Waals surface area contributed by atoms with Gasteiger partial charge in [0.05, 0.1) is 12.7 Å². The Morgan fingerprint density at radius 2 is 1.81 bits per heavy atom. The molecule has 3 aliphatic rings. The number of hydrogen-bond donors (Lipinski definition) is 0. The molecule has 0 N–H and O–H groups in total. The second-order valence-corrected chi connectivity index (χ2v) is 7.93. The number of aryl methyl sites for hydroxylation is 1. The summed E-state index contributed by atoms with van der Waals surface area (Å²) in [5.74, 6) is 0.689. The summed E-state index contributed by atoms with van der Waals surface area (Å²) in [5, 5.41) is 0. The van der Waals surface area contributed by atoms with Crippen LogP contribution >= 0.6 is 0 Å². The van der Waals surface area contributed by atoms with E-state index in [2.05, 4.69) is 4.90 Å². The van der Waals surface area contributed by atoms with Gasteiger partial charge in [-0.25, -0.2) is 4.79 Å². The lowest BCUT2D eigenvalue weighted by Crippen LogP contribution is -2.52. The van der Waals surface area contributed by atoms with Crippen LogP contribution in [0.4, 0.5) is 0 Å².